The van der Waals surface area contributed by atoms with Gasteiger partial charge >= 0.3 is 0 Å². The highest BCUT2D eigenvalue weighted by molar-refractivity contribution is 5.81. The molecule has 0 aromatic heterocycles. The third kappa shape index (κ3) is 4.85. The van der Waals surface area contributed by atoms with Gasteiger partial charge in [-0.15, -0.1) is 0 Å². The lowest BCUT2D eigenvalue weighted by molar-refractivity contribution is 0.198. The summed E-state index contributed by atoms with van der Waals surface area (Å²) < 4.78 is 0. The summed E-state index contributed by atoms with van der Waals surface area (Å²) in [4.78, 5) is 10.0. The number of rotatable bonds is 6. The number of guanidine groups is 1. The molecule has 3 aliphatic rings. The Morgan fingerprint density at radius 1 is 1.13 bits per heavy atom. The average Bonchev–Trinajstić information content (AvgIpc) is 3.12. The zero-order valence-corrected chi connectivity index (χ0v) is 15.3. The molecule has 2 aliphatic heterocycles. The van der Waals surface area contributed by atoms with Crippen LogP contribution in [-0.2, 0) is 0 Å². The van der Waals surface area contributed by atoms with E-state index >= 15 is 0 Å². The van der Waals surface area contributed by atoms with E-state index in [-0.39, 0.29) is 0 Å². The summed E-state index contributed by atoms with van der Waals surface area (Å²) >= 11 is 0. The molecule has 0 radical (unpaired) electrons. The molecule has 1 saturated carbocycles. The Bertz CT molecular complexity index is 389. The maximum absolute atomic E-state index is 4.78. The van der Waals surface area contributed by atoms with Crippen molar-refractivity contribution in [2.45, 2.75) is 64.8 Å². The first kappa shape index (κ1) is 17.1. The fourth-order valence-corrected chi connectivity index (χ4v) is 4.35. The van der Waals surface area contributed by atoms with Crippen LogP contribution in [0.2, 0.25) is 0 Å². The van der Waals surface area contributed by atoms with Crippen molar-refractivity contribution >= 4 is 5.96 Å². The number of nitrogens with zero attached hydrogens (tertiary/aromatic N) is 3. The van der Waals surface area contributed by atoms with Gasteiger partial charge in [-0.3, -0.25) is 4.99 Å². The molecular formula is C19H36N4. The predicted molar refractivity (Wildman–Crippen MR) is 97.9 cm³/mol. The van der Waals surface area contributed by atoms with Crippen molar-refractivity contribution in [1.82, 2.24) is 15.1 Å². The summed E-state index contributed by atoms with van der Waals surface area (Å²) in [6, 6.07) is 0.696. The number of hydrogen-bond acceptors (Lipinski definition) is 2. The molecular weight excluding hydrogens is 284 g/mol. The van der Waals surface area contributed by atoms with Crippen LogP contribution in [-0.4, -0.2) is 61.1 Å². The van der Waals surface area contributed by atoms with Gasteiger partial charge in [0.05, 0.1) is 0 Å². The first-order chi connectivity index (χ1) is 11.3. The van der Waals surface area contributed by atoms with Gasteiger partial charge in [-0.2, -0.15) is 0 Å². The van der Waals surface area contributed by atoms with Gasteiger partial charge in [-0.1, -0.05) is 19.8 Å². The SMILES string of the molecule is CCCC1CC1NC(=NCC)N1CCC(CN2CCCCC2)C1. The minimum Gasteiger partial charge on any atom is -0.353 e. The molecule has 0 amide bonds. The van der Waals surface area contributed by atoms with Crippen LogP contribution >= 0.6 is 0 Å². The molecule has 0 bridgehead atoms. The Morgan fingerprint density at radius 3 is 2.70 bits per heavy atom. The van der Waals surface area contributed by atoms with E-state index in [4.69, 9.17) is 4.99 Å². The van der Waals surface area contributed by atoms with E-state index in [0.29, 0.717) is 6.04 Å². The quantitative estimate of drug-likeness (QED) is 0.603. The van der Waals surface area contributed by atoms with Gasteiger partial charge < -0.3 is 15.1 Å². The van der Waals surface area contributed by atoms with Gasteiger partial charge in [0.2, 0.25) is 0 Å². The van der Waals surface area contributed by atoms with Crippen molar-refractivity contribution in [3.63, 3.8) is 0 Å². The molecule has 2 heterocycles. The molecule has 0 aromatic carbocycles. The van der Waals surface area contributed by atoms with Crippen molar-refractivity contribution in [3.05, 3.63) is 0 Å². The zero-order chi connectivity index (χ0) is 16.1. The summed E-state index contributed by atoms with van der Waals surface area (Å²) in [6.45, 7) is 11.7. The van der Waals surface area contributed by atoms with Crippen LogP contribution in [0.15, 0.2) is 4.99 Å². The lowest BCUT2D eigenvalue weighted by atomic mass is 10.1. The molecule has 1 N–H and O–H groups in total. The van der Waals surface area contributed by atoms with E-state index in [1.54, 1.807) is 0 Å². The van der Waals surface area contributed by atoms with Crippen molar-refractivity contribution in [1.29, 1.82) is 0 Å². The largest absolute Gasteiger partial charge is 0.353 e. The highest BCUT2D eigenvalue weighted by Gasteiger charge is 2.38. The summed E-state index contributed by atoms with van der Waals surface area (Å²) in [5.41, 5.74) is 0. The van der Waals surface area contributed by atoms with Crippen molar-refractivity contribution in [2.75, 3.05) is 39.3 Å². The van der Waals surface area contributed by atoms with E-state index in [9.17, 15) is 0 Å². The molecule has 132 valence electrons. The van der Waals surface area contributed by atoms with Crippen LogP contribution in [0, 0.1) is 11.8 Å². The number of piperidine rings is 1. The van der Waals surface area contributed by atoms with Gasteiger partial charge in [-0.05, 0) is 64.0 Å². The fourth-order valence-electron chi connectivity index (χ4n) is 4.35. The fraction of sp³-hybridized carbons (Fsp3) is 0.947. The standard InChI is InChI=1S/C19H36N4/c1-3-8-17-13-18(17)21-19(20-4-2)23-12-9-16(15-23)14-22-10-6-5-7-11-22/h16-18H,3-15H2,1-2H3,(H,20,21). The summed E-state index contributed by atoms with van der Waals surface area (Å²) in [6.07, 6.45) is 9.61. The molecule has 4 nitrogen and oxygen atoms in total. The first-order valence-electron chi connectivity index (χ1n) is 10.1. The third-order valence-corrected chi connectivity index (χ3v) is 5.75. The van der Waals surface area contributed by atoms with Crippen molar-refractivity contribution < 1.29 is 0 Å². The van der Waals surface area contributed by atoms with Crippen molar-refractivity contribution in [2.24, 2.45) is 16.8 Å². The summed E-state index contributed by atoms with van der Waals surface area (Å²) in [5, 5.41) is 3.76. The lowest BCUT2D eigenvalue weighted by Gasteiger charge is -2.29. The second-order valence-corrected chi connectivity index (χ2v) is 7.80. The normalized spacial score (nSPS) is 32.3. The molecule has 3 atom stereocenters. The second kappa shape index (κ2) is 8.36. The molecule has 3 rings (SSSR count). The predicted octanol–water partition coefficient (Wildman–Crippen LogP) is 2.95. The van der Waals surface area contributed by atoms with Gasteiger partial charge in [0.15, 0.2) is 5.96 Å². The Hall–Kier alpha value is -0.770. The highest BCUT2D eigenvalue weighted by Crippen LogP contribution is 2.34. The molecule has 3 fully saturated rings. The van der Waals surface area contributed by atoms with E-state index < -0.39 is 0 Å². The Kier molecular flexibility index (Phi) is 6.21. The van der Waals surface area contributed by atoms with Crippen LogP contribution in [0.5, 0.6) is 0 Å². The van der Waals surface area contributed by atoms with Crippen LogP contribution < -0.4 is 5.32 Å². The monoisotopic (exact) mass is 320 g/mol. The topological polar surface area (TPSA) is 30.9 Å². The van der Waals surface area contributed by atoms with Crippen LogP contribution in [0.25, 0.3) is 0 Å². The Labute approximate surface area is 142 Å². The molecule has 0 spiro atoms. The molecule has 0 aromatic rings. The average molecular weight is 321 g/mol. The van der Waals surface area contributed by atoms with Gasteiger partial charge in [0.25, 0.3) is 0 Å². The zero-order valence-electron chi connectivity index (χ0n) is 15.3. The van der Waals surface area contributed by atoms with Crippen LogP contribution in [0.1, 0.15) is 58.8 Å². The van der Waals surface area contributed by atoms with E-state index in [1.165, 1.54) is 83.6 Å². The van der Waals surface area contributed by atoms with Gasteiger partial charge in [0.1, 0.15) is 0 Å². The molecule has 3 unspecified atom stereocenters. The van der Waals surface area contributed by atoms with Crippen LogP contribution in [0.3, 0.4) is 0 Å². The number of aliphatic imine (C=N–C) groups is 1. The summed E-state index contributed by atoms with van der Waals surface area (Å²) in [5.74, 6) is 2.92. The summed E-state index contributed by atoms with van der Waals surface area (Å²) in [7, 11) is 0. The maximum Gasteiger partial charge on any atom is 0.194 e. The van der Waals surface area contributed by atoms with E-state index in [2.05, 4.69) is 29.0 Å². The lowest BCUT2D eigenvalue weighted by Crippen LogP contribution is -2.42. The molecule has 2 saturated heterocycles. The number of likely N-dealkylation sites (tertiary alicyclic amines) is 2. The van der Waals surface area contributed by atoms with E-state index in [1.807, 2.05) is 0 Å². The Balaban J connectivity index is 1.46. The minimum absolute atomic E-state index is 0.696. The van der Waals surface area contributed by atoms with Crippen molar-refractivity contribution in [3.8, 4) is 0 Å². The Morgan fingerprint density at radius 2 is 1.96 bits per heavy atom. The molecule has 4 heteroatoms. The minimum atomic E-state index is 0.696. The second-order valence-electron chi connectivity index (χ2n) is 7.80. The number of hydrogen-bond donors (Lipinski definition) is 1. The highest BCUT2D eigenvalue weighted by atomic mass is 15.3. The van der Waals surface area contributed by atoms with Crippen LogP contribution in [0.4, 0.5) is 0 Å². The maximum atomic E-state index is 4.78. The number of nitrogens with one attached hydrogen (secondary N) is 1. The molecule has 23 heavy (non-hydrogen) atoms. The van der Waals surface area contributed by atoms with Gasteiger partial charge in [-0.25, -0.2) is 0 Å². The van der Waals surface area contributed by atoms with E-state index in [0.717, 1.165) is 18.4 Å². The smallest absolute Gasteiger partial charge is 0.194 e. The third-order valence-electron chi connectivity index (χ3n) is 5.75. The van der Waals surface area contributed by atoms with Gasteiger partial charge in [0, 0.05) is 32.2 Å². The first-order valence-corrected chi connectivity index (χ1v) is 10.1. The molecule has 1 aliphatic carbocycles.